The fourth-order valence-electron chi connectivity index (χ4n) is 3.01. The Balaban J connectivity index is 2.14. The van der Waals surface area contributed by atoms with Gasteiger partial charge in [0.15, 0.2) is 26.1 Å². The van der Waals surface area contributed by atoms with Crippen LogP contribution < -0.4 is 14.3 Å². The summed E-state index contributed by atoms with van der Waals surface area (Å²) in [6.45, 7) is 3.41. The summed E-state index contributed by atoms with van der Waals surface area (Å²) >= 11 is 1.33. The summed E-state index contributed by atoms with van der Waals surface area (Å²) in [6, 6.07) is 9.54. The average Bonchev–Trinajstić information content (AvgIpc) is 3.08. The molecule has 0 aliphatic heterocycles. The van der Waals surface area contributed by atoms with E-state index in [0.717, 1.165) is 16.5 Å². The summed E-state index contributed by atoms with van der Waals surface area (Å²) in [5.41, 5.74) is 1.03. The second kappa shape index (κ2) is 9.63. The third-order valence-corrected chi connectivity index (χ3v) is 6.71. The number of sulfone groups is 1. The molecule has 0 unspecified atom stereocenters. The van der Waals surface area contributed by atoms with Gasteiger partial charge in [0.05, 0.1) is 35.9 Å². The Morgan fingerprint density at radius 2 is 1.84 bits per heavy atom. The van der Waals surface area contributed by atoms with Gasteiger partial charge in [-0.3, -0.25) is 4.79 Å². The first kappa shape index (κ1) is 23.0. The molecule has 0 aliphatic carbocycles. The van der Waals surface area contributed by atoms with Crippen LogP contribution >= 0.6 is 11.3 Å². The molecule has 2 aromatic carbocycles. The normalized spacial score (nSPS) is 12.3. The van der Waals surface area contributed by atoms with Crippen molar-refractivity contribution in [2.75, 3.05) is 33.7 Å². The van der Waals surface area contributed by atoms with Crippen molar-refractivity contribution in [1.82, 2.24) is 4.57 Å². The lowest BCUT2D eigenvalue weighted by Gasteiger charge is -2.09. The van der Waals surface area contributed by atoms with E-state index >= 15 is 0 Å². The Bertz CT molecular complexity index is 1270. The van der Waals surface area contributed by atoms with E-state index in [-0.39, 0.29) is 10.5 Å². The molecule has 0 saturated heterocycles. The largest absolute Gasteiger partial charge is 0.493 e. The first-order valence-electron chi connectivity index (χ1n) is 9.50. The first-order valence-corrected chi connectivity index (χ1v) is 12.2. The topological polar surface area (TPSA) is 96.2 Å². The van der Waals surface area contributed by atoms with Crippen LogP contribution in [0.5, 0.6) is 11.5 Å². The number of carbonyl (C=O) groups is 1. The Labute approximate surface area is 184 Å². The number of nitrogens with zero attached hydrogens (tertiary/aromatic N) is 2. The number of amides is 1. The Morgan fingerprint density at radius 3 is 2.48 bits per heavy atom. The van der Waals surface area contributed by atoms with Gasteiger partial charge in [0.25, 0.3) is 5.91 Å². The molecule has 166 valence electrons. The lowest BCUT2D eigenvalue weighted by atomic mass is 10.2. The monoisotopic (exact) mass is 464 g/mol. The number of hydrogen-bond donors (Lipinski definition) is 0. The number of rotatable bonds is 8. The van der Waals surface area contributed by atoms with Gasteiger partial charge in [-0.25, -0.2) is 8.42 Å². The maximum Gasteiger partial charge on any atom is 0.279 e. The smallest absolute Gasteiger partial charge is 0.279 e. The second-order valence-corrected chi connectivity index (χ2v) is 9.65. The van der Waals surface area contributed by atoms with E-state index < -0.39 is 15.7 Å². The number of methoxy groups -OCH3 is 2. The van der Waals surface area contributed by atoms with Crippen molar-refractivity contribution in [3.63, 3.8) is 0 Å². The molecule has 1 heterocycles. The predicted molar refractivity (Wildman–Crippen MR) is 119 cm³/mol. The van der Waals surface area contributed by atoms with Gasteiger partial charge in [-0.2, -0.15) is 4.99 Å². The maximum absolute atomic E-state index is 12.8. The molecule has 0 radical (unpaired) electrons. The molecular weight excluding hydrogens is 440 g/mol. The number of benzene rings is 2. The molecule has 1 amide bonds. The average molecular weight is 465 g/mol. The van der Waals surface area contributed by atoms with Crippen LogP contribution in [-0.4, -0.2) is 52.6 Å². The standard InChI is InChI=1S/C21H24N2O6S2/c1-5-29-10-9-23-16-12-17(27-2)18(28-3)13-19(16)30-21(23)22-20(24)14-7-6-8-15(11-14)31(4,25)26/h6-8,11-13H,5,9-10H2,1-4H3. The third kappa shape index (κ3) is 5.15. The fraction of sp³-hybridized carbons (Fsp3) is 0.333. The lowest BCUT2D eigenvalue weighted by molar-refractivity contribution is 0.0996. The summed E-state index contributed by atoms with van der Waals surface area (Å²) in [5.74, 6) is 0.616. The maximum atomic E-state index is 12.8. The van der Waals surface area contributed by atoms with Crippen molar-refractivity contribution in [1.29, 1.82) is 0 Å². The van der Waals surface area contributed by atoms with E-state index in [1.165, 1.54) is 29.5 Å². The number of carbonyl (C=O) groups excluding carboxylic acids is 1. The van der Waals surface area contributed by atoms with Gasteiger partial charge in [-0.05, 0) is 25.1 Å². The zero-order valence-electron chi connectivity index (χ0n) is 17.7. The van der Waals surface area contributed by atoms with E-state index in [1.807, 2.05) is 23.6 Å². The zero-order chi connectivity index (χ0) is 22.6. The minimum atomic E-state index is -3.43. The number of ether oxygens (including phenoxy) is 3. The molecule has 0 fully saturated rings. The number of thiazole rings is 1. The van der Waals surface area contributed by atoms with Gasteiger partial charge in [0.1, 0.15) is 0 Å². The van der Waals surface area contributed by atoms with Gasteiger partial charge in [0, 0.05) is 37.1 Å². The fourth-order valence-corrected chi connectivity index (χ4v) is 4.74. The highest BCUT2D eigenvalue weighted by atomic mass is 32.2. The summed E-state index contributed by atoms with van der Waals surface area (Å²) in [6.07, 6.45) is 1.10. The minimum absolute atomic E-state index is 0.0728. The Kier molecular flexibility index (Phi) is 7.14. The number of hydrogen-bond acceptors (Lipinski definition) is 7. The highest BCUT2D eigenvalue weighted by molar-refractivity contribution is 7.90. The lowest BCUT2D eigenvalue weighted by Crippen LogP contribution is -2.20. The van der Waals surface area contributed by atoms with E-state index in [2.05, 4.69) is 4.99 Å². The van der Waals surface area contributed by atoms with Gasteiger partial charge in [-0.15, -0.1) is 0 Å². The predicted octanol–water partition coefficient (Wildman–Crippen LogP) is 2.90. The van der Waals surface area contributed by atoms with Crippen molar-refractivity contribution < 1.29 is 27.4 Å². The quantitative estimate of drug-likeness (QED) is 0.476. The molecule has 0 bridgehead atoms. The summed E-state index contributed by atoms with van der Waals surface area (Å²) in [4.78, 5) is 17.7. The van der Waals surface area contributed by atoms with Gasteiger partial charge in [0.2, 0.25) is 0 Å². The summed E-state index contributed by atoms with van der Waals surface area (Å²) in [5, 5.41) is 0. The van der Waals surface area contributed by atoms with Gasteiger partial charge >= 0.3 is 0 Å². The third-order valence-electron chi connectivity index (χ3n) is 4.56. The minimum Gasteiger partial charge on any atom is -0.493 e. The molecular formula is C21H24N2O6S2. The van der Waals surface area contributed by atoms with Crippen LogP contribution in [0.25, 0.3) is 10.2 Å². The number of aromatic nitrogens is 1. The van der Waals surface area contributed by atoms with E-state index in [0.29, 0.717) is 36.1 Å². The molecule has 8 nitrogen and oxygen atoms in total. The Morgan fingerprint density at radius 1 is 1.13 bits per heavy atom. The first-order chi connectivity index (χ1) is 14.8. The molecule has 3 aromatic rings. The van der Waals surface area contributed by atoms with Crippen molar-refractivity contribution in [3.05, 3.63) is 46.8 Å². The van der Waals surface area contributed by atoms with E-state index in [1.54, 1.807) is 20.3 Å². The van der Waals surface area contributed by atoms with E-state index in [9.17, 15) is 13.2 Å². The van der Waals surface area contributed by atoms with Crippen LogP contribution in [0.15, 0.2) is 46.3 Å². The summed E-state index contributed by atoms with van der Waals surface area (Å²) < 4.78 is 42.7. The van der Waals surface area contributed by atoms with Crippen LogP contribution in [0.3, 0.4) is 0 Å². The van der Waals surface area contributed by atoms with E-state index in [4.69, 9.17) is 14.2 Å². The highest BCUT2D eigenvalue weighted by Gasteiger charge is 2.15. The molecule has 1 aromatic heterocycles. The molecule has 31 heavy (non-hydrogen) atoms. The van der Waals surface area contributed by atoms with Gasteiger partial charge in [-0.1, -0.05) is 17.4 Å². The molecule has 0 saturated carbocycles. The molecule has 0 spiro atoms. The second-order valence-electron chi connectivity index (χ2n) is 6.63. The van der Waals surface area contributed by atoms with Crippen LogP contribution in [0.2, 0.25) is 0 Å². The zero-order valence-corrected chi connectivity index (χ0v) is 19.4. The van der Waals surface area contributed by atoms with Gasteiger partial charge < -0.3 is 18.8 Å². The molecule has 10 heteroatoms. The van der Waals surface area contributed by atoms with Crippen LogP contribution in [0, 0.1) is 0 Å². The molecule has 3 rings (SSSR count). The van der Waals surface area contributed by atoms with Crippen molar-refractivity contribution in [2.24, 2.45) is 4.99 Å². The molecule has 0 aliphatic rings. The Hall–Kier alpha value is -2.69. The van der Waals surface area contributed by atoms with Crippen molar-refractivity contribution >= 4 is 37.3 Å². The molecule has 0 N–H and O–H groups in total. The van der Waals surface area contributed by atoms with Crippen molar-refractivity contribution in [2.45, 2.75) is 18.4 Å². The summed E-state index contributed by atoms with van der Waals surface area (Å²) in [7, 11) is -0.312. The highest BCUT2D eigenvalue weighted by Crippen LogP contribution is 2.33. The SMILES string of the molecule is CCOCCn1c(=NC(=O)c2cccc(S(C)(=O)=O)c2)sc2cc(OC)c(OC)cc21. The van der Waals surface area contributed by atoms with Crippen molar-refractivity contribution in [3.8, 4) is 11.5 Å². The van der Waals surface area contributed by atoms with Crippen LogP contribution in [0.1, 0.15) is 17.3 Å². The van der Waals surface area contributed by atoms with Crippen LogP contribution in [0.4, 0.5) is 0 Å². The van der Waals surface area contributed by atoms with Crippen LogP contribution in [-0.2, 0) is 21.1 Å². The molecule has 0 atom stereocenters. The number of fused-ring (bicyclic) bond motifs is 1.